The number of rotatable bonds is 4. The van der Waals surface area contributed by atoms with E-state index in [-0.39, 0.29) is 6.10 Å². The Morgan fingerprint density at radius 3 is 2.67 bits per heavy atom. The number of hydrogen-bond acceptors (Lipinski definition) is 3. The average molecular weight is 246 g/mol. The number of hydrogen-bond donors (Lipinski definition) is 1. The van der Waals surface area contributed by atoms with Crippen LogP contribution in [0.3, 0.4) is 0 Å². The van der Waals surface area contributed by atoms with Crippen LogP contribution in [-0.2, 0) is 0 Å². The van der Waals surface area contributed by atoms with Crippen LogP contribution in [0.25, 0.3) is 0 Å². The molecule has 1 rings (SSSR count). The minimum atomic E-state index is -0.204. The van der Waals surface area contributed by atoms with Crippen molar-refractivity contribution in [3.05, 3.63) is 12.2 Å². The zero-order chi connectivity index (χ0) is 11.4. The Balaban J connectivity index is 2.40. The van der Waals surface area contributed by atoms with E-state index in [9.17, 15) is 5.11 Å². The van der Waals surface area contributed by atoms with Crippen LogP contribution in [0.2, 0.25) is 0 Å². The molecule has 1 heterocycles. The molecular formula is C12H22OS2. The van der Waals surface area contributed by atoms with Gasteiger partial charge in [-0.25, -0.2) is 0 Å². The molecule has 0 amide bonds. The van der Waals surface area contributed by atoms with Crippen LogP contribution in [0, 0.1) is 0 Å². The van der Waals surface area contributed by atoms with Gasteiger partial charge in [0.2, 0.25) is 0 Å². The molecule has 88 valence electrons. The minimum Gasteiger partial charge on any atom is -0.392 e. The molecule has 0 aliphatic carbocycles. The molecule has 1 N–H and O–H groups in total. The van der Waals surface area contributed by atoms with Gasteiger partial charge in [0.25, 0.3) is 0 Å². The van der Waals surface area contributed by atoms with Gasteiger partial charge in [-0.1, -0.05) is 32.9 Å². The van der Waals surface area contributed by atoms with E-state index in [0.717, 1.165) is 18.6 Å². The van der Waals surface area contributed by atoms with Crippen molar-refractivity contribution in [3.63, 3.8) is 0 Å². The highest BCUT2D eigenvalue weighted by atomic mass is 32.2. The predicted molar refractivity (Wildman–Crippen MR) is 72.8 cm³/mol. The van der Waals surface area contributed by atoms with E-state index in [4.69, 9.17) is 0 Å². The number of thioether (sulfide) groups is 2. The van der Waals surface area contributed by atoms with Crippen LogP contribution < -0.4 is 0 Å². The highest BCUT2D eigenvalue weighted by Crippen LogP contribution is 2.38. The fraction of sp³-hybridized carbons (Fsp3) is 0.833. The third-order valence-electron chi connectivity index (χ3n) is 3.00. The fourth-order valence-corrected chi connectivity index (χ4v) is 4.60. The van der Waals surface area contributed by atoms with Crippen molar-refractivity contribution >= 4 is 23.5 Å². The molecule has 0 bridgehead atoms. The van der Waals surface area contributed by atoms with Crippen LogP contribution >= 0.6 is 23.5 Å². The van der Waals surface area contributed by atoms with Gasteiger partial charge in [-0.15, -0.1) is 0 Å². The first-order valence-electron chi connectivity index (χ1n) is 5.66. The molecule has 0 radical (unpaired) electrons. The Kier molecular flexibility index (Phi) is 5.58. The summed E-state index contributed by atoms with van der Waals surface area (Å²) in [6, 6.07) is 0. The molecule has 15 heavy (non-hydrogen) atoms. The summed E-state index contributed by atoms with van der Waals surface area (Å²) >= 11 is 3.93. The Hall–Kier alpha value is 0.400. The van der Waals surface area contributed by atoms with Crippen LogP contribution in [-0.4, -0.2) is 32.7 Å². The third-order valence-corrected chi connectivity index (χ3v) is 6.54. The van der Waals surface area contributed by atoms with Gasteiger partial charge in [0.15, 0.2) is 0 Å². The molecule has 4 atom stereocenters. The van der Waals surface area contributed by atoms with Gasteiger partial charge < -0.3 is 5.11 Å². The monoisotopic (exact) mass is 246 g/mol. The van der Waals surface area contributed by atoms with Gasteiger partial charge >= 0.3 is 0 Å². The lowest BCUT2D eigenvalue weighted by molar-refractivity contribution is 0.176. The maximum absolute atomic E-state index is 10.1. The van der Waals surface area contributed by atoms with Crippen molar-refractivity contribution in [1.82, 2.24) is 0 Å². The van der Waals surface area contributed by atoms with Gasteiger partial charge in [-0.3, -0.25) is 0 Å². The van der Waals surface area contributed by atoms with Crippen LogP contribution in [0.5, 0.6) is 0 Å². The Morgan fingerprint density at radius 1 is 1.47 bits per heavy atom. The first-order chi connectivity index (χ1) is 7.04. The molecular weight excluding hydrogens is 224 g/mol. The molecule has 0 aromatic carbocycles. The van der Waals surface area contributed by atoms with Crippen LogP contribution in [0.4, 0.5) is 0 Å². The van der Waals surface area contributed by atoms with E-state index in [1.165, 1.54) is 5.57 Å². The predicted octanol–water partition coefficient (Wildman–Crippen LogP) is 3.33. The van der Waals surface area contributed by atoms with Crippen molar-refractivity contribution in [2.24, 2.45) is 0 Å². The zero-order valence-electron chi connectivity index (χ0n) is 9.90. The molecule has 1 saturated heterocycles. The molecule has 1 nitrogen and oxygen atoms in total. The second-order valence-corrected chi connectivity index (χ2v) is 7.32. The standard InChI is InChI=1S/C12H22OS2/c1-5-8(2)6-11(13)12-7-14-9(3)10(4)15-12/h9-13H,2,5-7H2,1,3-4H3. The lowest BCUT2D eigenvalue weighted by Gasteiger charge is -2.34. The fourth-order valence-electron chi connectivity index (χ4n) is 1.58. The Morgan fingerprint density at radius 2 is 2.13 bits per heavy atom. The van der Waals surface area contributed by atoms with E-state index < -0.39 is 0 Å². The molecule has 0 aromatic heterocycles. The number of aliphatic hydroxyl groups excluding tert-OH is 1. The maximum Gasteiger partial charge on any atom is 0.0703 e. The van der Waals surface area contributed by atoms with Crippen molar-refractivity contribution < 1.29 is 5.11 Å². The Labute approximate surface area is 102 Å². The van der Waals surface area contributed by atoms with Gasteiger partial charge in [0.1, 0.15) is 0 Å². The van der Waals surface area contributed by atoms with Crippen molar-refractivity contribution in [2.45, 2.75) is 55.5 Å². The van der Waals surface area contributed by atoms with Crippen molar-refractivity contribution in [2.75, 3.05) is 5.75 Å². The van der Waals surface area contributed by atoms with Gasteiger partial charge in [-0.2, -0.15) is 23.5 Å². The van der Waals surface area contributed by atoms with Crippen LogP contribution in [0.1, 0.15) is 33.6 Å². The smallest absolute Gasteiger partial charge is 0.0703 e. The minimum absolute atomic E-state index is 0.204. The molecule has 0 saturated carbocycles. The molecule has 0 aromatic rings. The lowest BCUT2D eigenvalue weighted by atomic mass is 10.1. The lowest BCUT2D eigenvalue weighted by Crippen LogP contribution is -2.34. The molecule has 1 aliphatic rings. The van der Waals surface area contributed by atoms with E-state index in [1.807, 2.05) is 23.5 Å². The summed E-state index contributed by atoms with van der Waals surface area (Å²) in [6.45, 7) is 10.6. The van der Waals surface area contributed by atoms with Crippen molar-refractivity contribution in [3.8, 4) is 0 Å². The van der Waals surface area contributed by atoms with E-state index in [1.54, 1.807) is 0 Å². The SMILES string of the molecule is C=C(CC)CC(O)C1CSC(C)C(C)S1. The van der Waals surface area contributed by atoms with Gasteiger partial charge in [0.05, 0.1) is 6.10 Å². The molecule has 4 unspecified atom stereocenters. The zero-order valence-corrected chi connectivity index (χ0v) is 11.5. The Bertz CT molecular complexity index is 218. The first-order valence-corrected chi connectivity index (χ1v) is 7.65. The van der Waals surface area contributed by atoms with Gasteiger partial charge in [-0.05, 0) is 12.8 Å². The summed E-state index contributed by atoms with van der Waals surface area (Å²) in [6.07, 6.45) is 1.55. The largest absolute Gasteiger partial charge is 0.392 e. The highest BCUT2D eigenvalue weighted by Gasteiger charge is 2.30. The molecule has 3 heteroatoms. The van der Waals surface area contributed by atoms with E-state index in [0.29, 0.717) is 15.7 Å². The summed E-state index contributed by atoms with van der Waals surface area (Å²) in [5.74, 6) is 1.08. The van der Waals surface area contributed by atoms with Crippen LogP contribution in [0.15, 0.2) is 12.2 Å². The van der Waals surface area contributed by atoms with Crippen molar-refractivity contribution in [1.29, 1.82) is 0 Å². The summed E-state index contributed by atoms with van der Waals surface area (Å²) in [7, 11) is 0. The van der Waals surface area contributed by atoms with E-state index >= 15 is 0 Å². The summed E-state index contributed by atoms with van der Waals surface area (Å²) in [4.78, 5) is 0. The quantitative estimate of drug-likeness (QED) is 0.768. The first kappa shape index (κ1) is 13.5. The molecule has 0 spiro atoms. The average Bonchev–Trinajstić information content (AvgIpc) is 2.21. The molecule has 1 aliphatic heterocycles. The second-order valence-electron chi connectivity index (χ2n) is 4.29. The third kappa shape index (κ3) is 4.04. The number of aliphatic hydroxyl groups is 1. The topological polar surface area (TPSA) is 20.2 Å². The highest BCUT2D eigenvalue weighted by molar-refractivity contribution is 8.07. The summed E-state index contributed by atoms with van der Waals surface area (Å²) in [5.41, 5.74) is 1.17. The second kappa shape index (κ2) is 6.21. The van der Waals surface area contributed by atoms with Gasteiger partial charge in [0, 0.05) is 21.5 Å². The summed E-state index contributed by atoms with van der Waals surface area (Å²) in [5, 5.41) is 11.8. The summed E-state index contributed by atoms with van der Waals surface area (Å²) < 4.78 is 0. The van der Waals surface area contributed by atoms with E-state index in [2.05, 4.69) is 27.4 Å². The normalized spacial score (nSPS) is 33.7. The maximum atomic E-state index is 10.1. The molecule has 1 fully saturated rings.